The first-order valence-electron chi connectivity index (χ1n) is 6.45. The van der Waals surface area contributed by atoms with Gasteiger partial charge in [0.1, 0.15) is 0 Å². The second-order valence-electron chi connectivity index (χ2n) is 5.07. The summed E-state index contributed by atoms with van der Waals surface area (Å²) in [5.41, 5.74) is 2.79. The Balaban J connectivity index is 2.16. The van der Waals surface area contributed by atoms with Gasteiger partial charge in [-0.1, -0.05) is 0 Å². The molecule has 3 rings (SSSR count). The van der Waals surface area contributed by atoms with Gasteiger partial charge >= 0.3 is 0 Å². The smallest absolute Gasteiger partial charge is 0.195 e. The summed E-state index contributed by atoms with van der Waals surface area (Å²) in [6.07, 6.45) is 5.03. The van der Waals surface area contributed by atoms with E-state index in [9.17, 15) is 0 Å². The van der Waals surface area contributed by atoms with E-state index in [2.05, 4.69) is 34.0 Å². The average Bonchev–Trinajstić information content (AvgIpc) is 2.92. The fraction of sp³-hybridized carbons (Fsp3) is 0.538. The van der Waals surface area contributed by atoms with Crippen LogP contribution >= 0.6 is 23.6 Å². The highest BCUT2D eigenvalue weighted by Crippen LogP contribution is 2.36. The van der Waals surface area contributed by atoms with Crippen LogP contribution in [0.3, 0.4) is 0 Å². The van der Waals surface area contributed by atoms with Crippen LogP contribution in [0.15, 0.2) is 5.38 Å². The molecule has 0 atom stereocenters. The van der Waals surface area contributed by atoms with Crippen molar-refractivity contribution in [3.8, 4) is 11.4 Å². The van der Waals surface area contributed by atoms with E-state index in [0.29, 0.717) is 6.04 Å². The highest BCUT2D eigenvalue weighted by atomic mass is 32.1. The number of hydrogen-bond acceptors (Lipinski definition) is 3. The van der Waals surface area contributed by atoms with E-state index in [0.717, 1.165) is 10.6 Å². The fourth-order valence-corrected chi connectivity index (χ4v) is 4.12. The van der Waals surface area contributed by atoms with E-state index in [1.54, 1.807) is 4.88 Å². The summed E-state index contributed by atoms with van der Waals surface area (Å²) in [5, 5.41) is 9.62. The highest BCUT2D eigenvalue weighted by molar-refractivity contribution is 7.71. The third-order valence-electron chi connectivity index (χ3n) is 3.52. The van der Waals surface area contributed by atoms with Crippen LogP contribution in [-0.4, -0.2) is 14.8 Å². The largest absolute Gasteiger partial charge is 0.298 e. The van der Waals surface area contributed by atoms with E-state index in [-0.39, 0.29) is 0 Å². The quantitative estimate of drug-likeness (QED) is 0.839. The number of nitrogens with zero attached hydrogens (tertiary/aromatic N) is 2. The SMILES string of the molecule is CC(C)n1c(-c2csc3c2CCCC3)n[nH]c1=S. The number of nitrogens with one attached hydrogen (secondary N) is 1. The summed E-state index contributed by atoms with van der Waals surface area (Å²) >= 11 is 7.20. The van der Waals surface area contributed by atoms with Crippen molar-refractivity contribution in [1.29, 1.82) is 0 Å². The van der Waals surface area contributed by atoms with Crippen molar-refractivity contribution in [3.05, 3.63) is 20.6 Å². The van der Waals surface area contributed by atoms with E-state index < -0.39 is 0 Å². The van der Waals surface area contributed by atoms with Gasteiger partial charge in [0.2, 0.25) is 0 Å². The topological polar surface area (TPSA) is 33.6 Å². The second-order valence-corrected chi connectivity index (χ2v) is 6.43. The van der Waals surface area contributed by atoms with Gasteiger partial charge in [-0.15, -0.1) is 11.3 Å². The maximum Gasteiger partial charge on any atom is 0.195 e. The molecule has 96 valence electrons. The zero-order valence-corrected chi connectivity index (χ0v) is 12.3. The van der Waals surface area contributed by atoms with Crippen LogP contribution in [0.1, 0.15) is 43.2 Å². The van der Waals surface area contributed by atoms with Crippen molar-refractivity contribution in [2.45, 2.75) is 45.6 Å². The van der Waals surface area contributed by atoms with Gasteiger partial charge in [0.15, 0.2) is 10.6 Å². The lowest BCUT2D eigenvalue weighted by atomic mass is 9.95. The molecule has 3 nitrogen and oxygen atoms in total. The number of rotatable bonds is 2. The number of fused-ring (bicyclic) bond motifs is 1. The Morgan fingerprint density at radius 1 is 1.39 bits per heavy atom. The molecule has 0 bridgehead atoms. The van der Waals surface area contributed by atoms with Crippen LogP contribution in [0, 0.1) is 4.77 Å². The van der Waals surface area contributed by atoms with Gasteiger partial charge in [-0.3, -0.25) is 9.67 Å². The summed E-state index contributed by atoms with van der Waals surface area (Å²) in [4.78, 5) is 1.54. The average molecular weight is 279 g/mol. The number of aromatic nitrogens is 3. The molecule has 0 aliphatic heterocycles. The highest BCUT2D eigenvalue weighted by Gasteiger charge is 2.21. The van der Waals surface area contributed by atoms with E-state index in [4.69, 9.17) is 12.2 Å². The summed E-state index contributed by atoms with van der Waals surface area (Å²) in [6, 6.07) is 0.338. The zero-order chi connectivity index (χ0) is 12.7. The van der Waals surface area contributed by atoms with Crippen LogP contribution in [0.5, 0.6) is 0 Å². The van der Waals surface area contributed by atoms with Crippen LogP contribution in [0.4, 0.5) is 0 Å². The van der Waals surface area contributed by atoms with Gasteiger partial charge in [0.25, 0.3) is 0 Å². The third kappa shape index (κ3) is 1.86. The fourth-order valence-electron chi connectivity index (χ4n) is 2.66. The van der Waals surface area contributed by atoms with Crippen molar-refractivity contribution in [2.75, 3.05) is 0 Å². The summed E-state index contributed by atoms with van der Waals surface area (Å²) in [5.74, 6) is 1.01. The molecule has 0 aromatic carbocycles. The molecule has 0 spiro atoms. The van der Waals surface area contributed by atoms with Gasteiger partial charge in [0.05, 0.1) is 0 Å². The first-order valence-corrected chi connectivity index (χ1v) is 7.73. The maximum absolute atomic E-state index is 5.33. The lowest BCUT2D eigenvalue weighted by Crippen LogP contribution is -2.05. The van der Waals surface area contributed by atoms with Crippen molar-refractivity contribution in [2.24, 2.45) is 0 Å². The number of H-pyrrole nitrogens is 1. The monoisotopic (exact) mass is 279 g/mol. The Hall–Kier alpha value is -0.940. The molecule has 1 aliphatic rings. The molecule has 5 heteroatoms. The molecule has 2 heterocycles. The van der Waals surface area contributed by atoms with E-state index >= 15 is 0 Å². The van der Waals surface area contributed by atoms with Gasteiger partial charge < -0.3 is 0 Å². The normalized spacial score (nSPS) is 15.1. The zero-order valence-electron chi connectivity index (χ0n) is 10.7. The molecular weight excluding hydrogens is 262 g/mol. The van der Waals surface area contributed by atoms with Crippen molar-refractivity contribution < 1.29 is 0 Å². The molecule has 1 N–H and O–H groups in total. The van der Waals surface area contributed by atoms with Crippen LogP contribution in [0.25, 0.3) is 11.4 Å². The molecule has 2 aromatic heterocycles. The first kappa shape index (κ1) is 12.1. The first-order chi connectivity index (χ1) is 8.68. The Kier molecular flexibility index (Phi) is 3.11. The number of hydrogen-bond donors (Lipinski definition) is 1. The Morgan fingerprint density at radius 2 is 2.17 bits per heavy atom. The van der Waals surface area contributed by atoms with Crippen LogP contribution in [0.2, 0.25) is 0 Å². The lowest BCUT2D eigenvalue weighted by molar-refractivity contribution is 0.596. The third-order valence-corrected chi connectivity index (χ3v) is 4.90. The Labute approximate surface area is 116 Å². The number of aryl methyl sites for hydroxylation is 1. The molecule has 0 unspecified atom stereocenters. The Morgan fingerprint density at radius 3 is 2.94 bits per heavy atom. The molecule has 2 aromatic rings. The van der Waals surface area contributed by atoms with Crippen molar-refractivity contribution in [3.63, 3.8) is 0 Å². The molecule has 18 heavy (non-hydrogen) atoms. The van der Waals surface area contributed by atoms with E-state index in [1.807, 2.05) is 11.3 Å². The molecule has 0 amide bonds. The molecule has 1 aliphatic carbocycles. The summed E-state index contributed by atoms with van der Waals surface area (Å²) in [6.45, 7) is 4.29. The predicted molar refractivity (Wildman–Crippen MR) is 77.8 cm³/mol. The van der Waals surface area contributed by atoms with Crippen LogP contribution in [-0.2, 0) is 12.8 Å². The minimum Gasteiger partial charge on any atom is -0.298 e. The molecule has 0 radical (unpaired) electrons. The van der Waals surface area contributed by atoms with Gasteiger partial charge in [-0.05, 0) is 57.3 Å². The standard InChI is InChI=1S/C13H17N3S2/c1-8(2)16-12(14-15-13(16)17)10-7-18-11-6-4-3-5-9(10)11/h7-8H,3-6H2,1-2H3,(H,15,17). The molecular formula is C13H17N3S2. The Bertz CT molecular complexity index is 618. The van der Waals surface area contributed by atoms with Gasteiger partial charge in [-0.25, -0.2) is 0 Å². The minimum absolute atomic E-state index is 0.338. The van der Waals surface area contributed by atoms with E-state index in [1.165, 1.54) is 36.8 Å². The van der Waals surface area contributed by atoms with Gasteiger partial charge in [-0.2, -0.15) is 5.10 Å². The number of aromatic amines is 1. The lowest BCUT2D eigenvalue weighted by Gasteiger charge is -2.14. The van der Waals surface area contributed by atoms with Crippen molar-refractivity contribution in [1.82, 2.24) is 14.8 Å². The van der Waals surface area contributed by atoms with Crippen LogP contribution < -0.4 is 0 Å². The maximum atomic E-state index is 5.33. The molecule has 0 saturated carbocycles. The summed E-state index contributed by atoms with van der Waals surface area (Å²) < 4.78 is 2.84. The summed E-state index contributed by atoms with van der Waals surface area (Å²) in [7, 11) is 0. The second kappa shape index (κ2) is 4.63. The minimum atomic E-state index is 0.338. The number of thiophene rings is 1. The van der Waals surface area contributed by atoms with Gasteiger partial charge in [0, 0.05) is 21.9 Å². The molecule has 0 fully saturated rings. The predicted octanol–water partition coefficient (Wildman–Crippen LogP) is 4.13. The van der Waals surface area contributed by atoms with Crippen molar-refractivity contribution >= 4 is 23.6 Å². The molecule has 0 saturated heterocycles.